The van der Waals surface area contributed by atoms with Gasteiger partial charge in [0, 0.05) is 0 Å². The summed E-state index contributed by atoms with van der Waals surface area (Å²) in [6.07, 6.45) is -1.79. The highest BCUT2D eigenvalue weighted by molar-refractivity contribution is 6.31. The van der Waals surface area contributed by atoms with Crippen LogP contribution in [0, 0.1) is 0 Å². The summed E-state index contributed by atoms with van der Waals surface area (Å²) in [5.74, 6) is -1.84. The predicted molar refractivity (Wildman–Crippen MR) is 64.2 cm³/mol. The summed E-state index contributed by atoms with van der Waals surface area (Å²) in [6.45, 7) is 0.856. The number of carboxylic acid groups (broad SMARTS) is 1. The Balaban J connectivity index is 3.42. The van der Waals surface area contributed by atoms with Gasteiger partial charge >= 0.3 is 5.97 Å². The molecule has 0 saturated heterocycles. The number of carboxylic acids is 1. The summed E-state index contributed by atoms with van der Waals surface area (Å²) in [6, 6.07) is 4.37. The molecule has 0 bridgehead atoms. The molecule has 1 aromatic carbocycles. The average molecular weight is 273 g/mol. The molecule has 2 atom stereocenters. The van der Waals surface area contributed by atoms with Crippen molar-refractivity contribution < 1.29 is 24.9 Å². The van der Waals surface area contributed by atoms with Crippen LogP contribution >= 0.6 is 11.6 Å². The van der Waals surface area contributed by atoms with Crippen LogP contribution in [0.25, 0.3) is 0 Å². The molecule has 5 nitrogen and oxygen atoms in total. The highest BCUT2D eigenvalue weighted by Crippen LogP contribution is 2.32. The SMILES string of the molecule is CC(=O)C(Cl)c1c(CO)cccc1C(O)C(=O)O. The fourth-order valence-electron chi connectivity index (χ4n) is 1.65. The number of alkyl halides is 1. The molecular formula is C12H13ClO5. The highest BCUT2D eigenvalue weighted by atomic mass is 35.5. The molecular weight excluding hydrogens is 260 g/mol. The van der Waals surface area contributed by atoms with Crippen molar-refractivity contribution in [2.45, 2.75) is 25.0 Å². The van der Waals surface area contributed by atoms with Gasteiger partial charge in [0.2, 0.25) is 0 Å². The van der Waals surface area contributed by atoms with Gasteiger partial charge in [-0.3, -0.25) is 4.79 Å². The highest BCUT2D eigenvalue weighted by Gasteiger charge is 2.26. The van der Waals surface area contributed by atoms with Gasteiger partial charge in [-0.25, -0.2) is 4.79 Å². The van der Waals surface area contributed by atoms with Crippen LogP contribution in [0.1, 0.15) is 35.1 Å². The Hall–Kier alpha value is -1.43. The standard InChI is InChI=1S/C12H13ClO5/c1-6(15)10(13)9-7(5-14)3-2-4-8(9)11(16)12(17)18/h2-4,10-11,14,16H,5H2,1H3,(H,17,18). The molecule has 0 aliphatic rings. The molecule has 98 valence electrons. The minimum absolute atomic E-state index is 0.0178. The molecule has 0 aromatic heterocycles. The Kier molecular flexibility index (Phi) is 4.84. The fourth-order valence-corrected chi connectivity index (χ4v) is 1.92. The Morgan fingerprint density at radius 2 is 2.00 bits per heavy atom. The van der Waals surface area contributed by atoms with Crippen LogP contribution in [0.5, 0.6) is 0 Å². The molecule has 0 fully saturated rings. The molecule has 0 heterocycles. The van der Waals surface area contributed by atoms with Crippen molar-refractivity contribution in [3.8, 4) is 0 Å². The maximum atomic E-state index is 11.3. The molecule has 2 unspecified atom stereocenters. The molecule has 1 aromatic rings. The molecule has 0 aliphatic heterocycles. The van der Waals surface area contributed by atoms with Crippen LogP contribution in [0.15, 0.2) is 18.2 Å². The fraction of sp³-hybridized carbons (Fsp3) is 0.333. The van der Waals surface area contributed by atoms with Crippen LogP contribution in [-0.2, 0) is 16.2 Å². The van der Waals surface area contributed by atoms with Crippen LogP contribution in [-0.4, -0.2) is 27.1 Å². The van der Waals surface area contributed by atoms with Gasteiger partial charge in [0.1, 0.15) is 5.38 Å². The van der Waals surface area contributed by atoms with Crippen molar-refractivity contribution in [2.24, 2.45) is 0 Å². The van der Waals surface area contributed by atoms with Gasteiger partial charge in [0.15, 0.2) is 11.9 Å². The molecule has 6 heteroatoms. The summed E-state index contributed by atoms with van der Waals surface area (Å²) in [7, 11) is 0. The normalized spacial score (nSPS) is 14.0. The number of aliphatic hydroxyl groups is 2. The van der Waals surface area contributed by atoms with E-state index >= 15 is 0 Å². The number of ketones is 1. The van der Waals surface area contributed by atoms with Crippen molar-refractivity contribution in [1.82, 2.24) is 0 Å². The van der Waals surface area contributed by atoms with Gasteiger partial charge in [-0.05, 0) is 23.6 Å². The number of hydrogen-bond acceptors (Lipinski definition) is 4. The minimum Gasteiger partial charge on any atom is -0.479 e. The Morgan fingerprint density at radius 1 is 1.39 bits per heavy atom. The molecule has 3 N–H and O–H groups in total. The molecule has 0 radical (unpaired) electrons. The average Bonchev–Trinajstić information content (AvgIpc) is 2.35. The number of aliphatic carboxylic acids is 1. The zero-order valence-electron chi connectivity index (χ0n) is 9.63. The zero-order chi connectivity index (χ0) is 13.9. The van der Waals surface area contributed by atoms with Crippen molar-refractivity contribution in [1.29, 1.82) is 0 Å². The second-order valence-corrected chi connectivity index (χ2v) is 4.23. The van der Waals surface area contributed by atoms with E-state index in [1.54, 1.807) is 0 Å². The predicted octanol–water partition coefficient (Wildman–Crippen LogP) is 1.17. The lowest BCUT2D eigenvalue weighted by Crippen LogP contribution is -2.17. The van der Waals surface area contributed by atoms with Gasteiger partial charge in [-0.1, -0.05) is 18.2 Å². The van der Waals surface area contributed by atoms with E-state index in [0.29, 0.717) is 5.56 Å². The molecule has 0 saturated carbocycles. The monoisotopic (exact) mass is 272 g/mol. The molecule has 0 aliphatic carbocycles. The number of aliphatic hydroxyl groups excluding tert-OH is 2. The number of Topliss-reactive ketones (excluding diaryl/α,β-unsaturated/α-hetero) is 1. The Labute approximate surface area is 109 Å². The largest absolute Gasteiger partial charge is 0.479 e. The first kappa shape index (κ1) is 14.6. The number of halogens is 1. The lowest BCUT2D eigenvalue weighted by Gasteiger charge is -2.18. The lowest BCUT2D eigenvalue weighted by atomic mass is 9.93. The first-order valence-electron chi connectivity index (χ1n) is 5.18. The lowest BCUT2D eigenvalue weighted by molar-refractivity contribution is -0.147. The van der Waals surface area contributed by atoms with Gasteiger partial charge in [0.05, 0.1) is 6.61 Å². The first-order valence-corrected chi connectivity index (χ1v) is 5.61. The van der Waals surface area contributed by atoms with E-state index in [9.17, 15) is 19.8 Å². The maximum absolute atomic E-state index is 11.3. The second-order valence-electron chi connectivity index (χ2n) is 3.79. The van der Waals surface area contributed by atoms with E-state index in [1.807, 2.05) is 0 Å². The molecule has 0 amide bonds. The van der Waals surface area contributed by atoms with Crippen LogP contribution in [0.2, 0.25) is 0 Å². The van der Waals surface area contributed by atoms with Gasteiger partial charge in [-0.2, -0.15) is 0 Å². The smallest absolute Gasteiger partial charge is 0.337 e. The minimum atomic E-state index is -1.79. The number of hydrogen-bond donors (Lipinski definition) is 3. The summed E-state index contributed by atoms with van der Waals surface area (Å²) >= 11 is 5.91. The van der Waals surface area contributed by atoms with Gasteiger partial charge in [-0.15, -0.1) is 11.6 Å². The topological polar surface area (TPSA) is 94.8 Å². The molecule has 1 rings (SSSR count). The van der Waals surface area contributed by atoms with Crippen LogP contribution in [0.3, 0.4) is 0 Å². The Bertz CT molecular complexity index is 472. The molecule has 0 spiro atoms. The first-order chi connectivity index (χ1) is 8.40. The quantitative estimate of drug-likeness (QED) is 0.699. The third kappa shape index (κ3) is 2.87. The summed E-state index contributed by atoms with van der Waals surface area (Å²) in [5.41, 5.74) is 0.497. The van der Waals surface area contributed by atoms with Crippen molar-refractivity contribution in [3.05, 3.63) is 34.9 Å². The van der Waals surface area contributed by atoms with Crippen LogP contribution in [0.4, 0.5) is 0 Å². The van der Waals surface area contributed by atoms with E-state index in [4.69, 9.17) is 16.7 Å². The van der Waals surface area contributed by atoms with Crippen molar-refractivity contribution >= 4 is 23.4 Å². The zero-order valence-corrected chi connectivity index (χ0v) is 10.4. The van der Waals surface area contributed by atoms with Gasteiger partial charge in [0.25, 0.3) is 0 Å². The maximum Gasteiger partial charge on any atom is 0.337 e. The van der Waals surface area contributed by atoms with Gasteiger partial charge < -0.3 is 15.3 Å². The van der Waals surface area contributed by atoms with E-state index in [1.165, 1.54) is 25.1 Å². The van der Waals surface area contributed by atoms with Crippen molar-refractivity contribution in [2.75, 3.05) is 0 Å². The number of rotatable bonds is 5. The van der Waals surface area contributed by atoms with E-state index in [2.05, 4.69) is 0 Å². The summed E-state index contributed by atoms with van der Waals surface area (Å²) in [4.78, 5) is 22.1. The third-order valence-corrected chi connectivity index (χ3v) is 3.06. The van der Waals surface area contributed by atoms with E-state index in [-0.39, 0.29) is 11.1 Å². The van der Waals surface area contributed by atoms with Crippen molar-refractivity contribution in [3.63, 3.8) is 0 Å². The second kappa shape index (κ2) is 5.95. The number of benzene rings is 1. The van der Waals surface area contributed by atoms with E-state index < -0.39 is 29.8 Å². The third-order valence-electron chi connectivity index (χ3n) is 2.54. The van der Waals surface area contributed by atoms with E-state index in [0.717, 1.165) is 0 Å². The number of carbonyl (C=O) groups excluding carboxylic acids is 1. The Morgan fingerprint density at radius 3 is 2.44 bits per heavy atom. The molecule has 18 heavy (non-hydrogen) atoms. The van der Waals surface area contributed by atoms with Crippen LogP contribution < -0.4 is 0 Å². The summed E-state index contributed by atoms with van der Waals surface area (Å²) < 4.78 is 0. The number of carbonyl (C=O) groups is 2. The summed E-state index contributed by atoms with van der Waals surface area (Å²) in [5, 5.41) is 26.5.